The van der Waals surface area contributed by atoms with Crippen LogP contribution in [0, 0.1) is 6.92 Å². The third-order valence-electron chi connectivity index (χ3n) is 6.34. The van der Waals surface area contributed by atoms with Crippen molar-refractivity contribution in [2.24, 2.45) is 0 Å². The average molecular weight is 496 g/mol. The number of ether oxygens (including phenoxy) is 1. The second-order valence-electron chi connectivity index (χ2n) is 8.49. The Balaban J connectivity index is 2.15. The second-order valence-corrected chi connectivity index (χ2v) is 10.3. The van der Waals surface area contributed by atoms with Gasteiger partial charge in [-0.1, -0.05) is 23.8 Å². The molecule has 0 saturated heterocycles. The first-order valence-corrected chi connectivity index (χ1v) is 12.9. The van der Waals surface area contributed by atoms with Crippen LogP contribution in [0.2, 0.25) is 0 Å². The number of aryl methyl sites for hydroxylation is 1. The summed E-state index contributed by atoms with van der Waals surface area (Å²) < 4.78 is 37.2. The zero-order valence-corrected chi connectivity index (χ0v) is 21.3. The minimum absolute atomic E-state index is 0.0401. The van der Waals surface area contributed by atoms with E-state index >= 15 is 0 Å². The maximum Gasteiger partial charge on any atom is 0.331 e. The van der Waals surface area contributed by atoms with E-state index < -0.39 is 21.3 Å². The van der Waals surface area contributed by atoms with Crippen molar-refractivity contribution in [3.8, 4) is 5.75 Å². The van der Waals surface area contributed by atoms with Crippen molar-refractivity contribution in [3.63, 3.8) is 0 Å². The minimum atomic E-state index is -4.16. The molecule has 0 spiro atoms. The molecule has 0 saturated carbocycles. The maximum absolute atomic E-state index is 14.0. The lowest BCUT2D eigenvalue weighted by Crippen LogP contribution is -2.46. The van der Waals surface area contributed by atoms with Crippen LogP contribution >= 0.6 is 0 Å². The van der Waals surface area contributed by atoms with Crippen LogP contribution in [0.25, 0.3) is 11.6 Å². The van der Waals surface area contributed by atoms with Gasteiger partial charge in [0.1, 0.15) is 11.4 Å². The van der Waals surface area contributed by atoms with Crippen LogP contribution in [0.4, 0.5) is 5.69 Å². The summed E-state index contributed by atoms with van der Waals surface area (Å²) in [6.45, 7) is 7.55. The molecule has 0 amide bonds. The number of nitrogens with zero attached hydrogens (tertiary/aromatic N) is 3. The fraction of sp³-hybridized carbons (Fsp3) is 0.308. The normalized spacial score (nSPS) is 14.9. The standard InChI is InChI=1S/C26H29N3O5S/c1-6-27-23-14-18(4)22-13-10-20(34-5)15-19(22)16-29(24(23)25(30)28(7-2)26(27)31)35(32,33)21-11-8-17(3)9-12-21/h8-15H,6-7,16H2,1-5H3/b18-14-. The predicted molar refractivity (Wildman–Crippen MR) is 137 cm³/mol. The molecule has 1 aromatic heterocycles. The van der Waals surface area contributed by atoms with Gasteiger partial charge in [0.15, 0.2) is 0 Å². The molecular formula is C26H29N3O5S. The number of anilines is 1. The number of fused-ring (bicyclic) bond motifs is 2. The Kier molecular flexibility index (Phi) is 6.46. The topological polar surface area (TPSA) is 90.6 Å². The number of rotatable bonds is 5. The Labute approximate surface area is 204 Å². The molecule has 0 unspecified atom stereocenters. The molecule has 1 aliphatic heterocycles. The van der Waals surface area contributed by atoms with Gasteiger partial charge in [-0.05, 0) is 74.7 Å². The Morgan fingerprint density at radius 1 is 0.943 bits per heavy atom. The van der Waals surface area contributed by atoms with E-state index in [9.17, 15) is 18.0 Å². The lowest BCUT2D eigenvalue weighted by Gasteiger charge is -2.30. The summed E-state index contributed by atoms with van der Waals surface area (Å²) in [6.07, 6.45) is 1.73. The van der Waals surface area contributed by atoms with Crippen LogP contribution < -0.4 is 20.3 Å². The van der Waals surface area contributed by atoms with E-state index in [1.54, 1.807) is 51.3 Å². The van der Waals surface area contributed by atoms with Crippen molar-refractivity contribution in [1.82, 2.24) is 9.13 Å². The molecule has 8 nitrogen and oxygen atoms in total. The number of methoxy groups -OCH3 is 1. The number of hydrogen-bond donors (Lipinski definition) is 0. The summed E-state index contributed by atoms with van der Waals surface area (Å²) in [6, 6.07) is 12.0. The second kappa shape index (κ2) is 9.22. The molecule has 0 N–H and O–H groups in total. The number of sulfonamides is 1. The van der Waals surface area contributed by atoms with Crippen LogP contribution in [-0.4, -0.2) is 24.7 Å². The van der Waals surface area contributed by atoms with E-state index in [0.29, 0.717) is 11.3 Å². The van der Waals surface area contributed by atoms with Crippen LogP contribution in [0.15, 0.2) is 56.9 Å². The molecule has 184 valence electrons. The molecular weight excluding hydrogens is 466 g/mol. The van der Waals surface area contributed by atoms with Gasteiger partial charge in [-0.2, -0.15) is 0 Å². The molecule has 0 radical (unpaired) electrons. The van der Waals surface area contributed by atoms with Crippen molar-refractivity contribution in [3.05, 3.63) is 85.7 Å². The third kappa shape index (κ3) is 4.10. The quantitative estimate of drug-likeness (QED) is 0.539. The van der Waals surface area contributed by atoms with Crippen molar-refractivity contribution < 1.29 is 13.2 Å². The van der Waals surface area contributed by atoms with Gasteiger partial charge in [0, 0.05) is 13.1 Å². The predicted octanol–water partition coefficient (Wildman–Crippen LogP) is 3.64. The zero-order valence-electron chi connectivity index (χ0n) is 20.5. The van der Waals surface area contributed by atoms with Gasteiger partial charge in [0.2, 0.25) is 0 Å². The van der Waals surface area contributed by atoms with Crippen molar-refractivity contribution in [1.29, 1.82) is 0 Å². The van der Waals surface area contributed by atoms with Gasteiger partial charge in [-0.25, -0.2) is 13.2 Å². The summed E-state index contributed by atoms with van der Waals surface area (Å²) >= 11 is 0. The zero-order chi connectivity index (χ0) is 25.5. The molecule has 0 fully saturated rings. The Bertz CT molecular complexity index is 1550. The summed E-state index contributed by atoms with van der Waals surface area (Å²) in [5.41, 5.74) is 2.37. The van der Waals surface area contributed by atoms with E-state index in [1.807, 2.05) is 19.9 Å². The first-order valence-electron chi connectivity index (χ1n) is 11.5. The fourth-order valence-corrected chi connectivity index (χ4v) is 5.89. The number of hydrogen-bond acceptors (Lipinski definition) is 5. The van der Waals surface area contributed by atoms with Crippen LogP contribution in [0.3, 0.4) is 0 Å². The Hall–Kier alpha value is -3.59. The Morgan fingerprint density at radius 2 is 1.60 bits per heavy atom. The van der Waals surface area contributed by atoms with Crippen LogP contribution in [0.5, 0.6) is 5.75 Å². The molecule has 0 bridgehead atoms. The fourth-order valence-electron chi connectivity index (χ4n) is 4.44. The van der Waals surface area contributed by atoms with E-state index in [1.165, 1.54) is 16.7 Å². The van der Waals surface area contributed by atoms with Gasteiger partial charge >= 0.3 is 5.69 Å². The molecule has 0 atom stereocenters. The van der Waals surface area contributed by atoms with Gasteiger partial charge in [-0.15, -0.1) is 0 Å². The largest absolute Gasteiger partial charge is 0.497 e. The molecule has 35 heavy (non-hydrogen) atoms. The van der Waals surface area contributed by atoms with Crippen LogP contribution in [-0.2, 0) is 29.7 Å². The van der Waals surface area contributed by atoms with Crippen molar-refractivity contribution >= 4 is 27.4 Å². The SMILES string of the molecule is CCn1c2c(c(=O)n(CC)c1=O)N(S(=O)(=O)c1ccc(C)cc1)Cc1cc(OC)ccc1/C(C)=C\2. The van der Waals surface area contributed by atoms with E-state index in [2.05, 4.69) is 0 Å². The monoisotopic (exact) mass is 495 g/mol. The maximum atomic E-state index is 14.0. The highest BCUT2D eigenvalue weighted by molar-refractivity contribution is 7.92. The molecule has 1 aliphatic rings. The summed E-state index contributed by atoms with van der Waals surface area (Å²) in [5, 5.41) is 0. The van der Waals surface area contributed by atoms with E-state index in [4.69, 9.17) is 4.74 Å². The number of benzene rings is 2. The lowest BCUT2D eigenvalue weighted by molar-refractivity contribution is 0.414. The molecule has 9 heteroatoms. The first kappa shape index (κ1) is 24.5. The van der Waals surface area contributed by atoms with Crippen molar-refractivity contribution in [2.75, 3.05) is 11.4 Å². The highest BCUT2D eigenvalue weighted by Crippen LogP contribution is 2.35. The summed E-state index contributed by atoms with van der Waals surface area (Å²) in [7, 11) is -2.62. The summed E-state index contributed by atoms with van der Waals surface area (Å²) in [4.78, 5) is 26.9. The third-order valence-corrected chi connectivity index (χ3v) is 8.10. The molecule has 2 heterocycles. The number of allylic oxidation sites excluding steroid dienone is 1. The van der Waals surface area contributed by atoms with Gasteiger partial charge < -0.3 is 4.74 Å². The van der Waals surface area contributed by atoms with E-state index in [-0.39, 0.29) is 35.9 Å². The Morgan fingerprint density at radius 3 is 2.20 bits per heavy atom. The first-order chi connectivity index (χ1) is 16.6. The highest BCUT2D eigenvalue weighted by atomic mass is 32.2. The van der Waals surface area contributed by atoms with Gasteiger partial charge in [-0.3, -0.25) is 18.2 Å². The minimum Gasteiger partial charge on any atom is -0.497 e. The molecule has 0 aliphatic carbocycles. The summed E-state index contributed by atoms with van der Waals surface area (Å²) in [5.74, 6) is 0.578. The van der Waals surface area contributed by atoms with Gasteiger partial charge in [0.25, 0.3) is 15.6 Å². The van der Waals surface area contributed by atoms with E-state index in [0.717, 1.165) is 25.6 Å². The molecule has 2 aromatic carbocycles. The average Bonchev–Trinajstić information content (AvgIpc) is 2.82. The van der Waals surface area contributed by atoms with Gasteiger partial charge in [0.05, 0.1) is 24.2 Å². The molecule has 4 rings (SSSR count). The van der Waals surface area contributed by atoms with Crippen LogP contribution in [0.1, 0.15) is 43.2 Å². The number of aromatic nitrogens is 2. The molecule has 3 aromatic rings. The lowest BCUT2D eigenvalue weighted by atomic mass is 9.97. The smallest absolute Gasteiger partial charge is 0.331 e. The van der Waals surface area contributed by atoms with Crippen molar-refractivity contribution in [2.45, 2.75) is 52.2 Å². The highest BCUT2D eigenvalue weighted by Gasteiger charge is 2.33.